The van der Waals surface area contributed by atoms with Crippen molar-refractivity contribution in [3.8, 4) is 0 Å². The Morgan fingerprint density at radius 3 is 2.42 bits per heavy atom. The van der Waals surface area contributed by atoms with Crippen LogP contribution in [-0.4, -0.2) is 36.6 Å². The summed E-state index contributed by atoms with van der Waals surface area (Å²) in [6, 6.07) is 17.9. The zero-order valence-corrected chi connectivity index (χ0v) is 19.0. The van der Waals surface area contributed by atoms with Crippen LogP contribution in [-0.2, 0) is 13.6 Å². The monoisotopic (exact) mass is 459 g/mol. The topological polar surface area (TPSA) is 81.2 Å². The van der Waals surface area contributed by atoms with E-state index in [9.17, 15) is 4.79 Å². The molecule has 0 saturated carbocycles. The number of benzene rings is 2. The molecule has 0 N–H and O–H groups in total. The van der Waals surface area contributed by atoms with Crippen LogP contribution in [0.4, 0.5) is 5.95 Å². The van der Waals surface area contributed by atoms with Gasteiger partial charge < -0.3 is 0 Å². The predicted octanol–water partition coefficient (Wildman–Crippen LogP) is 3.39. The van der Waals surface area contributed by atoms with E-state index in [1.807, 2.05) is 49.4 Å². The van der Waals surface area contributed by atoms with Gasteiger partial charge in [-0.3, -0.25) is 4.57 Å². The first-order valence-electron chi connectivity index (χ1n) is 10.6. The quantitative estimate of drug-likeness (QED) is 0.457. The van der Waals surface area contributed by atoms with Crippen molar-refractivity contribution in [3.05, 3.63) is 105 Å². The fraction of sp³-hybridized carbons (Fsp3) is 0.208. The Balaban J connectivity index is 1.51. The second-order valence-corrected chi connectivity index (χ2v) is 8.41. The number of rotatable bonds is 5. The fourth-order valence-electron chi connectivity index (χ4n) is 3.93. The lowest BCUT2D eigenvalue weighted by molar-refractivity contribution is 0.641. The van der Waals surface area contributed by atoms with Crippen LogP contribution in [0.25, 0.3) is 0 Å². The van der Waals surface area contributed by atoms with E-state index >= 15 is 0 Å². The molecule has 0 amide bonds. The molecule has 1 aliphatic heterocycles. The van der Waals surface area contributed by atoms with Gasteiger partial charge in [0, 0.05) is 35.9 Å². The van der Waals surface area contributed by atoms with Gasteiger partial charge in [-0.15, -0.1) is 5.10 Å². The first-order valence-corrected chi connectivity index (χ1v) is 11.0. The van der Waals surface area contributed by atoms with Crippen LogP contribution in [0.1, 0.15) is 28.4 Å². The Morgan fingerprint density at radius 2 is 1.73 bits per heavy atom. The third-order valence-electron chi connectivity index (χ3n) is 5.67. The second-order valence-electron chi connectivity index (χ2n) is 7.98. The van der Waals surface area contributed by atoms with Gasteiger partial charge in [-0.1, -0.05) is 54.1 Å². The van der Waals surface area contributed by atoms with E-state index in [2.05, 4.69) is 27.2 Å². The molecule has 8 nitrogen and oxygen atoms in total. The number of hydrogen-bond donors (Lipinski definition) is 0. The van der Waals surface area contributed by atoms with Gasteiger partial charge in [-0.25, -0.2) is 24.5 Å². The van der Waals surface area contributed by atoms with Crippen molar-refractivity contribution in [2.45, 2.75) is 19.4 Å². The largest absolute Gasteiger partial charge is 0.347 e. The van der Waals surface area contributed by atoms with Crippen LogP contribution in [0.15, 0.2) is 76.9 Å². The van der Waals surface area contributed by atoms with Crippen LogP contribution in [0.3, 0.4) is 0 Å². The smallest absolute Gasteiger partial charge is 0.263 e. The van der Waals surface area contributed by atoms with Crippen LogP contribution in [0, 0.1) is 6.92 Å². The highest BCUT2D eigenvalue weighted by atomic mass is 35.5. The maximum atomic E-state index is 12.9. The molecule has 0 radical (unpaired) electrons. The Hall–Kier alpha value is -3.78. The van der Waals surface area contributed by atoms with Gasteiger partial charge in [0.05, 0.1) is 18.8 Å². The third kappa shape index (κ3) is 4.17. The minimum Gasteiger partial charge on any atom is -0.263 e. The van der Waals surface area contributed by atoms with Gasteiger partial charge in [0.15, 0.2) is 0 Å². The summed E-state index contributed by atoms with van der Waals surface area (Å²) in [5.41, 5.74) is 3.62. The number of nitrogens with zero attached hydrogens (tertiary/aromatic N) is 7. The van der Waals surface area contributed by atoms with Crippen molar-refractivity contribution < 1.29 is 0 Å². The van der Waals surface area contributed by atoms with Gasteiger partial charge in [-0.2, -0.15) is 5.10 Å². The molecule has 2 aromatic carbocycles. The Kier molecular flexibility index (Phi) is 5.51. The number of hydrogen-bond acceptors (Lipinski definition) is 6. The molecule has 0 fully saturated rings. The molecule has 3 heterocycles. The zero-order chi connectivity index (χ0) is 22.9. The van der Waals surface area contributed by atoms with E-state index < -0.39 is 0 Å². The van der Waals surface area contributed by atoms with Gasteiger partial charge in [-0.05, 0) is 30.2 Å². The summed E-state index contributed by atoms with van der Waals surface area (Å²) >= 11 is 6.10. The molecule has 0 bridgehead atoms. The number of aryl methyl sites for hydroxylation is 1. The summed E-state index contributed by atoms with van der Waals surface area (Å²) in [7, 11) is 1.71. The highest BCUT2D eigenvalue weighted by Gasteiger charge is 2.32. The fourth-order valence-corrected chi connectivity index (χ4v) is 4.06. The van der Waals surface area contributed by atoms with Gasteiger partial charge in [0.2, 0.25) is 5.95 Å². The first-order chi connectivity index (χ1) is 16.0. The molecule has 5 rings (SSSR count). The van der Waals surface area contributed by atoms with Gasteiger partial charge in [0.25, 0.3) is 0 Å². The lowest BCUT2D eigenvalue weighted by Crippen LogP contribution is -2.25. The normalized spacial score (nSPS) is 15.7. The van der Waals surface area contributed by atoms with Gasteiger partial charge in [0.1, 0.15) is 5.82 Å². The number of hydrazone groups is 1. The molecule has 9 heteroatoms. The highest BCUT2D eigenvalue weighted by Crippen LogP contribution is 2.31. The molecule has 0 saturated heterocycles. The SMILES string of the molecule is Cc1ncc(Cn2nc(N3CC(c4ccccc4)C(c4ccc(Cl)cc4)=N3)n(C)c2=O)cn1. The summed E-state index contributed by atoms with van der Waals surface area (Å²) in [6.07, 6.45) is 3.42. The Bertz CT molecular complexity index is 1360. The highest BCUT2D eigenvalue weighted by molar-refractivity contribution is 6.30. The molecule has 0 spiro atoms. The first kappa shape index (κ1) is 21.1. The maximum absolute atomic E-state index is 12.9. The van der Waals surface area contributed by atoms with E-state index in [1.165, 1.54) is 9.25 Å². The molecular weight excluding hydrogens is 438 g/mol. The Labute approximate surface area is 195 Å². The average Bonchev–Trinajstić information content (AvgIpc) is 3.39. The summed E-state index contributed by atoms with van der Waals surface area (Å²) in [5.74, 6) is 1.19. The van der Waals surface area contributed by atoms with Crippen molar-refractivity contribution in [3.63, 3.8) is 0 Å². The van der Waals surface area contributed by atoms with E-state index in [-0.39, 0.29) is 18.2 Å². The standard InChI is InChI=1S/C24H22ClN7O/c1-16-26-12-17(13-27-16)14-32-24(33)30(2)23(29-32)31-15-21(18-6-4-3-5-7-18)22(28-31)19-8-10-20(25)11-9-19/h3-13,21H,14-15H2,1-2H3. The third-order valence-corrected chi connectivity index (χ3v) is 5.92. The van der Waals surface area contributed by atoms with Crippen LogP contribution < -0.4 is 10.7 Å². The molecule has 1 aliphatic rings. The molecule has 1 unspecified atom stereocenters. The lowest BCUT2D eigenvalue weighted by atomic mass is 9.91. The molecular formula is C24H22ClN7O. The second kappa shape index (κ2) is 8.63. The maximum Gasteiger partial charge on any atom is 0.347 e. The minimum absolute atomic E-state index is 0.0260. The minimum atomic E-state index is -0.225. The van der Waals surface area contributed by atoms with Crippen molar-refractivity contribution >= 4 is 23.3 Å². The summed E-state index contributed by atoms with van der Waals surface area (Å²) in [4.78, 5) is 21.3. The molecule has 2 aromatic heterocycles. The van der Waals surface area contributed by atoms with Crippen molar-refractivity contribution in [1.82, 2.24) is 24.3 Å². The van der Waals surface area contributed by atoms with E-state index in [1.54, 1.807) is 24.5 Å². The number of anilines is 1. The molecule has 166 valence electrons. The van der Waals surface area contributed by atoms with Crippen LogP contribution in [0.2, 0.25) is 5.02 Å². The predicted molar refractivity (Wildman–Crippen MR) is 128 cm³/mol. The summed E-state index contributed by atoms with van der Waals surface area (Å²) < 4.78 is 2.93. The number of aromatic nitrogens is 5. The average molecular weight is 460 g/mol. The van der Waals surface area contributed by atoms with Crippen molar-refractivity contribution in [2.24, 2.45) is 12.1 Å². The van der Waals surface area contributed by atoms with E-state index in [0.29, 0.717) is 23.3 Å². The van der Waals surface area contributed by atoms with Crippen LogP contribution >= 0.6 is 11.6 Å². The lowest BCUT2D eigenvalue weighted by Gasteiger charge is -2.15. The summed E-state index contributed by atoms with van der Waals surface area (Å²) in [6.45, 7) is 2.68. The van der Waals surface area contributed by atoms with E-state index in [4.69, 9.17) is 16.7 Å². The molecule has 4 aromatic rings. The molecule has 1 atom stereocenters. The van der Waals surface area contributed by atoms with Crippen LogP contribution in [0.5, 0.6) is 0 Å². The number of halogens is 1. The molecule has 33 heavy (non-hydrogen) atoms. The van der Waals surface area contributed by atoms with E-state index in [0.717, 1.165) is 22.4 Å². The van der Waals surface area contributed by atoms with Crippen molar-refractivity contribution in [1.29, 1.82) is 0 Å². The Morgan fingerprint density at radius 1 is 1.03 bits per heavy atom. The molecule has 0 aliphatic carbocycles. The van der Waals surface area contributed by atoms with Gasteiger partial charge >= 0.3 is 5.69 Å². The van der Waals surface area contributed by atoms with Crippen molar-refractivity contribution in [2.75, 3.05) is 11.6 Å². The zero-order valence-electron chi connectivity index (χ0n) is 18.3. The summed E-state index contributed by atoms with van der Waals surface area (Å²) in [5, 5.41) is 12.0.